The van der Waals surface area contributed by atoms with Gasteiger partial charge in [-0.2, -0.15) is 0 Å². The van der Waals surface area contributed by atoms with Gasteiger partial charge in [0.1, 0.15) is 0 Å². The summed E-state index contributed by atoms with van der Waals surface area (Å²) in [5.41, 5.74) is 0. The Morgan fingerprint density at radius 3 is 2.64 bits per heavy atom. The first-order chi connectivity index (χ1) is 5.24. The summed E-state index contributed by atoms with van der Waals surface area (Å²) in [4.78, 5) is 2.22. The molecule has 0 aliphatic heterocycles. The van der Waals surface area contributed by atoms with Crippen LogP contribution < -0.4 is 5.32 Å². The topological polar surface area (TPSA) is 15.3 Å². The highest BCUT2D eigenvalue weighted by Gasteiger charge is 2.34. The third-order valence-corrected chi connectivity index (χ3v) is 2.41. The molecule has 0 aromatic heterocycles. The van der Waals surface area contributed by atoms with Gasteiger partial charge in [-0.05, 0) is 26.4 Å². The van der Waals surface area contributed by atoms with Gasteiger partial charge in [0.25, 0.3) is 0 Å². The first kappa shape index (κ1) is 9.01. The molecule has 1 aliphatic rings. The lowest BCUT2D eigenvalue weighted by atomic mass is 10.3. The zero-order chi connectivity index (χ0) is 8.27. The van der Waals surface area contributed by atoms with Gasteiger partial charge in [-0.1, -0.05) is 13.3 Å². The standard InChI is InChI=1S/C9H20N2/c1-4-8-7-9(8)10-5-6-11(2)3/h8-10H,4-7H2,1-3H3. The highest BCUT2D eigenvalue weighted by atomic mass is 15.1. The van der Waals surface area contributed by atoms with Crippen LogP contribution in [0.2, 0.25) is 0 Å². The molecule has 1 rings (SSSR count). The van der Waals surface area contributed by atoms with E-state index in [4.69, 9.17) is 0 Å². The molecule has 0 heterocycles. The molecular formula is C9H20N2. The fraction of sp³-hybridized carbons (Fsp3) is 1.00. The highest BCUT2D eigenvalue weighted by Crippen LogP contribution is 2.32. The molecule has 0 aromatic carbocycles. The Kier molecular flexibility index (Phi) is 3.34. The number of hydrogen-bond acceptors (Lipinski definition) is 2. The van der Waals surface area contributed by atoms with E-state index in [9.17, 15) is 0 Å². The van der Waals surface area contributed by atoms with Gasteiger partial charge in [-0.3, -0.25) is 0 Å². The van der Waals surface area contributed by atoms with Gasteiger partial charge < -0.3 is 10.2 Å². The Morgan fingerprint density at radius 1 is 1.45 bits per heavy atom. The summed E-state index contributed by atoms with van der Waals surface area (Å²) >= 11 is 0. The van der Waals surface area contributed by atoms with Crippen LogP contribution in [0, 0.1) is 5.92 Å². The Hall–Kier alpha value is -0.0800. The van der Waals surface area contributed by atoms with Crippen molar-refractivity contribution in [3.05, 3.63) is 0 Å². The van der Waals surface area contributed by atoms with Gasteiger partial charge in [-0.25, -0.2) is 0 Å². The van der Waals surface area contributed by atoms with Crippen molar-refractivity contribution >= 4 is 0 Å². The molecule has 0 spiro atoms. The Labute approximate surface area is 70.0 Å². The molecule has 2 nitrogen and oxygen atoms in total. The van der Waals surface area contributed by atoms with Crippen LogP contribution in [-0.4, -0.2) is 38.1 Å². The molecule has 1 saturated carbocycles. The minimum absolute atomic E-state index is 0.847. The zero-order valence-electron chi connectivity index (χ0n) is 7.93. The van der Waals surface area contributed by atoms with E-state index in [1.54, 1.807) is 0 Å². The van der Waals surface area contributed by atoms with Crippen LogP contribution in [-0.2, 0) is 0 Å². The van der Waals surface area contributed by atoms with Crippen molar-refractivity contribution < 1.29 is 0 Å². The van der Waals surface area contributed by atoms with E-state index in [-0.39, 0.29) is 0 Å². The molecule has 0 radical (unpaired) electrons. The lowest BCUT2D eigenvalue weighted by molar-refractivity contribution is 0.397. The molecule has 0 saturated heterocycles. The summed E-state index contributed by atoms with van der Waals surface area (Å²) in [5.74, 6) is 0.983. The number of nitrogens with zero attached hydrogens (tertiary/aromatic N) is 1. The van der Waals surface area contributed by atoms with Gasteiger partial charge in [-0.15, -0.1) is 0 Å². The van der Waals surface area contributed by atoms with Crippen LogP contribution >= 0.6 is 0 Å². The molecule has 2 unspecified atom stereocenters. The fourth-order valence-corrected chi connectivity index (χ4v) is 1.42. The maximum absolute atomic E-state index is 3.55. The van der Waals surface area contributed by atoms with Gasteiger partial charge in [0.15, 0.2) is 0 Å². The molecule has 0 bridgehead atoms. The minimum Gasteiger partial charge on any atom is -0.312 e. The van der Waals surface area contributed by atoms with Crippen LogP contribution in [0.1, 0.15) is 19.8 Å². The second-order valence-electron chi connectivity index (χ2n) is 3.77. The van der Waals surface area contributed by atoms with E-state index in [2.05, 4.69) is 31.2 Å². The Balaban J connectivity index is 1.90. The zero-order valence-corrected chi connectivity index (χ0v) is 7.93. The van der Waals surface area contributed by atoms with Crippen LogP contribution in [0.15, 0.2) is 0 Å². The van der Waals surface area contributed by atoms with Crippen molar-refractivity contribution in [1.82, 2.24) is 10.2 Å². The van der Waals surface area contributed by atoms with Gasteiger partial charge >= 0.3 is 0 Å². The smallest absolute Gasteiger partial charge is 0.0101 e. The Bertz CT molecular complexity index is 112. The maximum Gasteiger partial charge on any atom is 0.0101 e. The molecule has 1 aliphatic carbocycles. The normalized spacial score (nSPS) is 29.5. The van der Waals surface area contributed by atoms with E-state index >= 15 is 0 Å². The summed E-state index contributed by atoms with van der Waals surface area (Å²) in [7, 11) is 4.23. The average molecular weight is 156 g/mol. The molecule has 0 aromatic rings. The number of hydrogen-bond donors (Lipinski definition) is 1. The van der Waals surface area contributed by atoms with Crippen molar-refractivity contribution in [2.24, 2.45) is 5.92 Å². The quantitative estimate of drug-likeness (QED) is 0.637. The van der Waals surface area contributed by atoms with E-state index in [1.807, 2.05) is 0 Å². The molecule has 1 fully saturated rings. The first-order valence-corrected chi connectivity index (χ1v) is 4.62. The summed E-state index contributed by atoms with van der Waals surface area (Å²) in [5, 5.41) is 3.55. The monoisotopic (exact) mass is 156 g/mol. The van der Waals surface area contributed by atoms with E-state index < -0.39 is 0 Å². The first-order valence-electron chi connectivity index (χ1n) is 4.62. The minimum atomic E-state index is 0.847. The summed E-state index contributed by atoms with van der Waals surface area (Å²) in [6.45, 7) is 4.58. The molecule has 0 amide bonds. The van der Waals surface area contributed by atoms with Crippen LogP contribution in [0.25, 0.3) is 0 Å². The van der Waals surface area contributed by atoms with Crippen molar-refractivity contribution in [2.45, 2.75) is 25.8 Å². The van der Waals surface area contributed by atoms with Crippen LogP contribution in [0.5, 0.6) is 0 Å². The predicted octanol–water partition coefficient (Wildman–Crippen LogP) is 0.936. The summed E-state index contributed by atoms with van der Waals surface area (Å²) < 4.78 is 0. The predicted molar refractivity (Wildman–Crippen MR) is 48.7 cm³/mol. The van der Waals surface area contributed by atoms with E-state index in [1.165, 1.54) is 12.8 Å². The molecule has 2 atom stereocenters. The van der Waals surface area contributed by atoms with Gasteiger partial charge in [0, 0.05) is 19.1 Å². The molecule has 1 N–H and O–H groups in total. The SMILES string of the molecule is CCC1CC1NCCN(C)C. The average Bonchev–Trinajstić information content (AvgIpc) is 2.66. The fourth-order valence-electron chi connectivity index (χ4n) is 1.42. The highest BCUT2D eigenvalue weighted by molar-refractivity contribution is 4.91. The lowest BCUT2D eigenvalue weighted by Crippen LogP contribution is -2.28. The number of rotatable bonds is 5. The third-order valence-electron chi connectivity index (χ3n) is 2.41. The van der Waals surface area contributed by atoms with Gasteiger partial charge in [0.05, 0.1) is 0 Å². The van der Waals surface area contributed by atoms with Crippen molar-refractivity contribution in [1.29, 1.82) is 0 Å². The van der Waals surface area contributed by atoms with Crippen molar-refractivity contribution in [2.75, 3.05) is 27.2 Å². The molecule has 66 valence electrons. The number of nitrogens with one attached hydrogen (secondary N) is 1. The lowest BCUT2D eigenvalue weighted by Gasteiger charge is -2.09. The Morgan fingerprint density at radius 2 is 2.18 bits per heavy atom. The van der Waals surface area contributed by atoms with Crippen LogP contribution in [0.3, 0.4) is 0 Å². The molecular weight excluding hydrogens is 136 g/mol. The molecule has 11 heavy (non-hydrogen) atoms. The number of likely N-dealkylation sites (N-methyl/N-ethyl adjacent to an activating group) is 1. The third kappa shape index (κ3) is 3.21. The van der Waals surface area contributed by atoms with Gasteiger partial charge in [0.2, 0.25) is 0 Å². The summed E-state index contributed by atoms with van der Waals surface area (Å²) in [6, 6.07) is 0.847. The van der Waals surface area contributed by atoms with E-state index in [0.29, 0.717) is 0 Å². The maximum atomic E-state index is 3.55. The van der Waals surface area contributed by atoms with Crippen molar-refractivity contribution in [3.8, 4) is 0 Å². The van der Waals surface area contributed by atoms with E-state index in [0.717, 1.165) is 25.0 Å². The second kappa shape index (κ2) is 4.07. The van der Waals surface area contributed by atoms with Crippen LogP contribution in [0.4, 0.5) is 0 Å². The second-order valence-corrected chi connectivity index (χ2v) is 3.77. The largest absolute Gasteiger partial charge is 0.312 e. The van der Waals surface area contributed by atoms with Crippen molar-refractivity contribution in [3.63, 3.8) is 0 Å². The molecule has 2 heteroatoms. The summed E-state index contributed by atoms with van der Waals surface area (Å²) in [6.07, 6.45) is 2.75.